The number of amides is 1. The van der Waals surface area contributed by atoms with Gasteiger partial charge in [-0.1, -0.05) is 17.7 Å². The Kier molecular flexibility index (Phi) is 4.42. The number of carbonyl (C=O) groups is 1. The maximum Gasteiger partial charge on any atom is 0.227 e. The normalized spacial score (nSPS) is 16.8. The summed E-state index contributed by atoms with van der Waals surface area (Å²) < 4.78 is 5.96. The fourth-order valence-corrected chi connectivity index (χ4v) is 2.33. The summed E-state index contributed by atoms with van der Waals surface area (Å²) in [5.74, 6) is 0.0749. The molecule has 0 atom stereocenters. The topological polar surface area (TPSA) is 38.3 Å². The van der Waals surface area contributed by atoms with Crippen LogP contribution in [0.25, 0.3) is 0 Å². The molecule has 0 saturated carbocycles. The minimum Gasteiger partial charge on any atom is -0.381 e. The lowest BCUT2D eigenvalue weighted by molar-refractivity contribution is -0.122. The highest BCUT2D eigenvalue weighted by Crippen LogP contribution is 2.30. The van der Waals surface area contributed by atoms with Crippen molar-refractivity contribution in [3.8, 4) is 0 Å². The van der Waals surface area contributed by atoms with E-state index in [1.807, 2.05) is 12.1 Å². The van der Waals surface area contributed by atoms with E-state index >= 15 is 0 Å². The molecule has 5 heteroatoms. The standard InChI is InChI=1S/C12H13BrClNO2/c13-11-9(14)2-1-3-10(11)15-12(16)8-4-6-17-7-5-8/h1-3,8H,4-7H2,(H,15,16). The molecule has 1 aliphatic rings. The van der Waals surface area contributed by atoms with Gasteiger partial charge in [-0.3, -0.25) is 4.79 Å². The number of carbonyl (C=O) groups excluding carboxylic acids is 1. The number of nitrogens with one attached hydrogen (secondary N) is 1. The van der Waals surface area contributed by atoms with E-state index in [1.165, 1.54) is 0 Å². The summed E-state index contributed by atoms with van der Waals surface area (Å²) in [4.78, 5) is 12.0. The molecule has 92 valence electrons. The predicted molar refractivity (Wildman–Crippen MR) is 71.3 cm³/mol. The second-order valence-corrected chi connectivity index (χ2v) is 5.18. The van der Waals surface area contributed by atoms with Crippen molar-refractivity contribution in [1.82, 2.24) is 0 Å². The average molecular weight is 319 g/mol. The molecule has 1 heterocycles. The summed E-state index contributed by atoms with van der Waals surface area (Å²) in [5, 5.41) is 3.49. The molecule has 1 aromatic carbocycles. The quantitative estimate of drug-likeness (QED) is 0.907. The fraction of sp³-hybridized carbons (Fsp3) is 0.417. The van der Waals surface area contributed by atoms with Crippen LogP contribution in [0.4, 0.5) is 5.69 Å². The first-order valence-electron chi connectivity index (χ1n) is 5.51. The molecule has 17 heavy (non-hydrogen) atoms. The highest BCUT2D eigenvalue weighted by Gasteiger charge is 2.22. The molecular weight excluding hydrogens is 305 g/mol. The fourth-order valence-electron chi connectivity index (χ4n) is 1.79. The largest absolute Gasteiger partial charge is 0.381 e. The zero-order valence-corrected chi connectivity index (χ0v) is 11.6. The van der Waals surface area contributed by atoms with Crippen LogP contribution in [0.3, 0.4) is 0 Å². The average Bonchev–Trinajstić information content (AvgIpc) is 2.36. The predicted octanol–water partition coefficient (Wildman–Crippen LogP) is 3.47. The van der Waals surface area contributed by atoms with E-state index in [-0.39, 0.29) is 11.8 Å². The van der Waals surface area contributed by atoms with E-state index in [0.29, 0.717) is 23.9 Å². The number of hydrogen-bond donors (Lipinski definition) is 1. The van der Waals surface area contributed by atoms with Crippen molar-refractivity contribution in [2.75, 3.05) is 18.5 Å². The summed E-state index contributed by atoms with van der Waals surface area (Å²) >= 11 is 9.33. The van der Waals surface area contributed by atoms with Crippen molar-refractivity contribution >= 4 is 39.1 Å². The van der Waals surface area contributed by atoms with Gasteiger partial charge in [0.05, 0.1) is 15.2 Å². The Labute approximate surface area is 114 Å². The van der Waals surface area contributed by atoms with E-state index in [0.717, 1.165) is 17.3 Å². The molecule has 0 unspecified atom stereocenters. The molecule has 1 N–H and O–H groups in total. The number of hydrogen-bond acceptors (Lipinski definition) is 2. The Hall–Kier alpha value is -0.580. The third-order valence-corrected chi connectivity index (χ3v) is 4.20. The number of rotatable bonds is 2. The van der Waals surface area contributed by atoms with Gasteiger partial charge in [-0.15, -0.1) is 0 Å². The molecule has 1 fully saturated rings. The summed E-state index contributed by atoms with van der Waals surface area (Å²) in [6.07, 6.45) is 1.56. The molecule has 0 aromatic heterocycles. The van der Waals surface area contributed by atoms with Gasteiger partial charge in [-0.05, 0) is 40.9 Å². The molecule has 0 radical (unpaired) electrons. The number of benzene rings is 1. The van der Waals surface area contributed by atoms with Gasteiger partial charge in [-0.2, -0.15) is 0 Å². The van der Waals surface area contributed by atoms with Gasteiger partial charge in [0.2, 0.25) is 5.91 Å². The summed E-state index contributed by atoms with van der Waals surface area (Å²) in [5.41, 5.74) is 0.717. The molecule has 0 bridgehead atoms. The van der Waals surface area contributed by atoms with Gasteiger partial charge in [0.25, 0.3) is 0 Å². The highest BCUT2D eigenvalue weighted by molar-refractivity contribution is 9.10. The monoisotopic (exact) mass is 317 g/mol. The zero-order chi connectivity index (χ0) is 12.3. The SMILES string of the molecule is O=C(Nc1cccc(Cl)c1Br)C1CCOCC1. The van der Waals surface area contributed by atoms with Crippen LogP contribution < -0.4 is 5.32 Å². The molecule has 1 aliphatic heterocycles. The second-order valence-electron chi connectivity index (χ2n) is 3.98. The summed E-state index contributed by atoms with van der Waals surface area (Å²) in [6, 6.07) is 5.41. The van der Waals surface area contributed by atoms with Crippen LogP contribution in [-0.2, 0) is 9.53 Å². The summed E-state index contributed by atoms with van der Waals surface area (Å²) in [7, 11) is 0. The smallest absolute Gasteiger partial charge is 0.227 e. The lowest BCUT2D eigenvalue weighted by Crippen LogP contribution is -2.28. The van der Waals surface area contributed by atoms with Crippen LogP contribution in [0.2, 0.25) is 5.02 Å². The Balaban J connectivity index is 2.04. The molecule has 3 nitrogen and oxygen atoms in total. The van der Waals surface area contributed by atoms with Crippen molar-refractivity contribution in [3.63, 3.8) is 0 Å². The van der Waals surface area contributed by atoms with Crippen LogP contribution >= 0.6 is 27.5 Å². The minimum absolute atomic E-state index is 0.0367. The van der Waals surface area contributed by atoms with Crippen LogP contribution in [0, 0.1) is 5.92 Å². The third-order valence-electron chi connectivity index (χ3n) is 2.80. The maximum absolute atomic E-state index is 12.0. The second kappa shape index (κ2) is 5.85. The van der Waals surface area contributed by atoms with Gasteiger partial charge in [0, 0.05) is 19.1 Å². The lowest BCUT2D eigenvalue weighted by atomic mass is 9.99. The molecule has 1 aromatic rings. The van der Waals surface area contributed by atoms with E-state index in [1.54, 1.807) is 6.07 Å². The van der Waals surface area contributed by atoms with Crippen molar-refractivity contribution in [3.05, 3.63) is 27.7 Å². The van der Waals surface area contributed by atoms with Crippen LogP contribution in [0.15, 0.2) is 22.7 Å². The highest BCUT2D eigenvalue weighted by atomic mass is 79.9. The van der Waals surface area contributed by atoms with Crippen LogP contribution in [-0.4, -0.2) is 19.1 Å². The number of ether oxygens (including phenoxy) is 1. The van der Waals surface area contributed by atoms with E-state index in [4.69, 9.17) is 16.3 Å². The number of anilines is 1. The van der Waals surface area contributed by atoms with Crippen LogP contribution in [0.1, 0.15) is 12.8 Å². The van der Waals surface area contributed by atoms with Gasteiger partial charge in [-0.25, -0.2) is 0 Å². The van der Waals surface area contributed by atoms with Gasteiger partial charge in [0.1, 0.15) is 0 Å². The van der Waals surface area contributed by atoms with Crippen molar-refractivity contribution in [2.45, 2.75) is 12.8 Å². The van der Waals surface area contributed by atoms with Crippen molar-refractivity contribution < 1.29 is 9.53 Å². The van der Waals surface area contributed by atoms with E-state index < -0.39 is 0 Å². The van der Waals surface area contributed by atoms with Gasteiger partial charge < -0.3 is 10.1 Å². The lowest BCUT2D eigenvalue weighted by Gasteiger charge is -2.21. The molecule has 1 saturated heterocycles. The Morgan fingerprint density at radius 1 is 1.41 bits per heavy atom. The van der Waals surface area contributed by atoms with Gasteiger partial charge >= 0.3 is 0 Å². The molecular formula is C12H13BrClNO2. The van der Waals surface area contributed by atoms with Gasteiger partial charge in [0.15, 0.2) is 0 Å². The van der Waals surface area contributed by atoms with Crippen molar-refractivity contribution in [2.24, 2.45) is 5.92 Å². The summed E-state index contributed by atoms with van der Waals surface area (Å²) in [6.45, 7) is 1.32. The first-order valence-corrected chi connectivity index (χ1v) is 6.68. The van der Waals surface area contributed by atoms with Crippen molar-refractivity contribution in [1.29, 1.82) is 0 Å². The van der Waals surface area contributed by atoms with Crippen LogP contribution in [0.5, 0.6) is 0 Å². The Morgan fingerprint density at radius 2 is 2.12 bits per heavy atom. The first kappa shape index (κ1) is 12.9. The number of halogens is 2. The minimum atomic E-state index is 0.0367. The maximum atomic E-state index is 12.0. The molecule has 0 spiro atoms. The first-order chi connectivity index (χ1) is 8.18. The van der Waals surface area contributed by atoms with E-state index in [9.17, 15) is 4.79 Å². The Morgan fingerprint density at radius 3 is 2.82 bits per heavy atom. The molecule has 0 aliphatic carbocycles. The zero-order valence-electron chi connectivity index (χ0n) is 9.21. The Bertz CT molecular complexity index is 419. The third kappa shape index (κ3) is 3.21. The molecule has 1 amide bonds. The molecule has 2 rings (SSSR count). The van der Waals surface area contributed by atoms with E-state index in [2.05, 4.69) is 21.2 Å².